The van der Waals surface area contributed by atoms with Crippen molar-refractivity contribution in [2.75, 3.05) is 52.4 Å². The van der Waals surface area contributed by atoms with Gasteiger partial charge in [0, 0.05) is 51.4 Å². The highest BCUT2D eigenvalue weighted by Crippen LogP contribution is 2.19. The number of rotatable bonds is 7. The van der Waals surface area contributed by atoms with Gasteiger partial charge >= 0.3 is 0 Å². The van der Waals surface area contributed by atoms with Crippen LogP contribution in [0.4, 0.5) is 0 Å². The van der Waals surface area contributed by atoms with Crippen molar-refractivity contribution in [3.63, 3.8) is 0 Å². The fourth-order valence-electron chi connectivity index (χ4n) is 4.20. The lowest BCUT2D eigenvalue weighted by Gasteiger charge is -2.39. The fraction of sp³-hybridized carbons (Fsp3) is 0.652. The maximum Gasteiger partial charge on any atom is 0.239 e. The van der Waals surface area contributed by atoms with Crippen LogP contribution in [0.5, 0.6) is 5.75 Å². The molecule has 2 aliphatic rings. The summed E-state index contributed by atoms with van der Waals surface area (Å²) in [6.45, 7) is 13.5. The van der Waals surface area contributed by atoms with Gasteiger partial charge in [0.25, 0.3) is 0 Å². The summed E-state index contributed by atoms with van der Waals surface area (Å²) >= 11 is 0. The first-order chi connectivity index (χ1) is 14.6. The van der Waals surface area contributed by atoms with Crippen LogP contribution in [-0.4, -0.2) is 85.0 Å². The number of carbonyl (C=O) groups excluding carboxylic acids is 1. The van der Waals surface area contributed by atoms with Gasteiger partial charge in [-0.15, -0.1) is 0 Å². The molecule has 166 valence electrons. The molecule has 1 aromatic rings. The second-order valence-electron chi connectivity index (χ2n) is 7.94. The Hall–Kier alpha value is -2.28. The Bertz CT molecular complexity index is 709. The SMILES string of the molecule is CCNC(=NCc1ccccc1OCC)N1CCN(C(C)C(=O)N2CCCC2)CC1. The number of para-hydroxylation sites is 1. The monoisotopic (exact) mass is 415 g/mol. The molecule has 1 atom stereocenters. The minimum Gasteiger partial charge on any atom is -0.494 e. The van der Waals surface area contributed by atoms with Crippen LogP contribution in [-0.2, 0) is 11.3 Å². The van der Waals surface area contributed by atoms with Crippen LogP contribution < -0.4 is 10.1 Å². The number of nitrogens with zero attached hydrogens (tertiary/aromatic N) is 4. The Balaban J connectivity index is 1.58. The molecule has 30 heavy (non-hydrogen) atoms. The topological polar surface area (TPSA) is 60.4 Å². The van der Waals surface area contributed by atoms with E-state index in [2.05, 4.69) is 35.0 Å². The van der Waals surface area contributed by atoms with Crippen LogP contribution in [0.1, 0.15) is 39.2 Å². The zero-order valence-electron chi connectivity index (χ0n) is 18.8. The first-order valence-electron chi connectivity index (χ1n) is 11.4. The van der Waals surface area contributed by atoms with Crippen LogP contribution in [0.2, 0.25) is 0 Å². The summed E-state index contributed by atoms with van der Waals surface area (Å²) in [6.07, 6.45) is 2.28. The number of likely N-dealkylation sites (tertiary alicyclic amines) is 1. The molecule has 3 rings (SSSR count). The highest BCUT2D eigenvalue weighted by atomic mass is 16.5. The molecule has 7 heteroatoms. The summed E-state index contributed by atoms with van der Waals surface area (Å²) in [6, 6.07) is 8.05. The Morgan fingerprint density at radius 2 is 1.77 bits per heavy atom. The highest BCUT2D eigenvalue weighted by Gasteiger charge is 2.30. The number of benzene rings is 1. The second kappa shape index (κ2) is 11.2. The van der Waals surface area contributed by atoms with E-state index in [1.54, 1.807) is 0 Å². The van der Waals surface area contributed by atoms with Crippen molar-refractivity contribution in [3.8, 4) is 5.75 Å². The van der Waals surface area contributed by atoms with Gasteiger partial charge in [-0.1, -0.05) is 18.2 Å². The maximum absolute atomic E-state index is 12.7. The third-order valence-corrected chi connectivity index (χ3v) is 5.94. The zero-order valence-corrected chi connectivity index (χ0v) is 18.8. The molecule has 2 heterocycles. The maximum atomic E-state index is 12.7. The number of carbonyl (C=O) groups is 1. The zero-order chi connectivity index (χ0) is 21.3. The molecule has 0 spiro atoms. The van der Waals surface area contributed by atoms with Crippen LogP contribution in [0.25, 0.3) is 0 Å². The van der Waals surface area contributed by atoms with E-state index in [-0.39, 0.29) is 11.9 Å². The van der Waals surface area contributed by atoms with Crippen molar-refractivity contribution in [1.82, 2.24) is 20.0 Å². The van der Waals surface area contributed by atoms with Gasteiger partial charge in [-0.2, -0.15) is 0 Å². The standard InChI is InChI=1S/C23H37N5O2/c1-4-24-23(25-18-20-10-6-7-11-21(20)30-5-2)28-16-14-26(15-17-28)19(3)22(29)27-12-8-9-13-27/h6-7,10-11,19H,4-5,8-9,12-18H2,1-3H3,(H,24,25). The molecule has 1 aromatic carbocycles. The van der Waals surface area contributed by atoms with Crippen molar-refractivity contribution in [2.24, 2.45) is 4.99 Å². The molecule has 0 aliphatic carbocycles. The van der Waals surface area contributed by atoms with E-state index in [4.69, 9.17) is 9.73 Å². The van der Waals surface area contributed by atoms with Gasteiger partial charge in [-0.05, 0) is 39.7 Å². The summed E-state index contributed by atoms with van der Waals surface area (Å²) < 4.78 is 5.73. The molecular weight excluding hydrogens is 378 g/mol. The summed E-state index contributed by atoms with van der Waals surface area (Å²) in [5, 5.41) is 3.43. The molecular formula is C23H37N5O2. The summed E-state index contributed by atoms with van der Waals surface area (Å²) in [5.74, 6) is 2.12. The smallest absolute Gasteiger partial charge is 0.239 e. The lowest BCUT2D eigenvalue weighted by molar-refractivity contribution is -0.135. The Kier molecular flexibility index (Phi) is 8.37. The van der Waals surface area contributed by atoms with Gasteiger partial charge in [-0.25, -0.2) is 4.99 Å². The van der Waals surface area contributed by atoms with E-state index in [0.717, 1.165) is 75.9 Å². The molecule has 1 amide bonds. The van der Waals surface area contributed by atoms with Gasteiger partial charge in [0.15, 0.2) is 5.96 Å². The van der Waals surface area contributed by atoms with E-state index in [0.29, 0.717) is 13.2 Å². The van der Waals surface area contributed by atoms with E-state index in [1.807, 2.05) is 30.0 Å². The minimum atomic E-state index is -0.0390. The molecule has 1 N–H and O–H groups in total. The third kappa shape index (κ3) is 5.65. The molecule has 7 nitrogen and oxygen atoms in total. The summed E-state index contributed by atoms with van der Waals surface area (Å²) in [5.41, 5.74) is 1.10. The number of ether oxygens (including phenoxy) is 1. The predicted octanol–water partition coefficient (Wildman–Crippen LogP) is 2.18. The molecule has 0 bridgehead atoms. The normalized spacial score (nSPS) is 19.1. The van der Waals surface area contributed by atoms with Gasteiger partial charge in [-0.3, -0.25) is 9.69 Å². The molecule has 2 saturated heterocycles. The van der Waals surface area contributed by atoms with Crippen molar-refractivity contribution in [3.05, 3.63) is 29.8 Å². The van der Waals surface area contributed by atoms with Crippen molar-refractivity contribution >= 4 is 11.9 Å². The largest absolute Gasteiger partial charge is 0.494 e. The van der Waals surface area contributed by atoms with Crippen LogP contribution in [0.15, 0.2) is 29.3 Å². The summed E-state index contributed by atoms with van der Waals surface area (Å²) in [4.78, 5) is 24.2. The molecule has 0 aromatic heterocycles. The van der Waals surface area contributed by atoms with Gasteiger partial charge in [0.1, 0.15) is 5.75 Å². The Labute approximate surface area is 181 Å². The van der Waals surface area contributed by atoms with Crippen LogP contribution in [0, 0.1) is 0 Å². The Morgan fingerprint density at radius 3 is 2.43 bits per heavy atom. The van der Waals surface area contributed by atoms with E-state index in [9.17, 15) is 4.79 Å². The number of aliphatic imine (C=N–C) groups is 1. The fourth-order valence-corrected chi connectivity index (χ4v) is 4.20. The van der Waals surface area contributed by atoms with Crippen molar-refractivity contribution in [2.45, 2.75) is 46.2 Å². The number of hydrogen-bond donors (Lipinski definition) is 1. The van der Waals surface area contributed by atoms with Gasteiger partial charge in [0.05, 0.1) is 19.2 Å². The number of hydrogen-bond acceptors (Lipinski definition) is 4. The predicted molar refractivity (Wildman–Crippen MR) is 121 cm³/mol. The average molecular weight is 416 g/mol. The highest BCUT2D eigenvalue weighted by molar-refractivity contribution is 5.82. The lowest BCUT2D eigenvalue weighted by atomic mass is 10.2. The lowest BCUT2D eigenvalue weighted by Crippen LogP contribution is -2.57. The molecule has 0 radical (unpaired) electrons. The number of amides is 1. The van der Waals surface area contributed by atoms with Crippen molar-refractivity contribution < 1.29 is 9.53 Å². The number of nitrogens with one attached hydrogen (secondary N) is 1. The molecule has 2 fully saturated rings. The molecule has 2 aliphatic heterocycles. The first kappa shape index (κ1) is 22.4. The Morgan fingerprint density at radius 1 is 1.07 bits per heavy atom. The van der Waals surface area contributed by atoms with Crippen molar-refractivity contribution in [1.29, 1.82) is 0 Å². The van der Waals surface area contributed by atoms with E-state index in [1.165, 1.54) is 0 Å². The number of guanidine groups is 1. The minimum absolute atomic E-state index is 0.0390. The van der Waals surface area contributed by atoms with Crippen LogP contribution in [0.3, 0.4) is 0 Å². The van der Waals surface area contributed by atoms with Crippen LogP contribution >= 0.6 is 0 Å². The first-order valence-corrected chi connectivity index (χ1v) is 11.4. The quantitative estimate of drug-likeness (QED) is 0.546. The molecule has 0 saturated carbocycles. The van der Waals surface area contributed by atoms with Gasteiger partial charge < -0.3 is 19.9 Å². The average Bonchev–Trinajstić information content (AvgIpc) is 3.32. The van der Waals surface area contributed by atoms with Gasteiger partial charge in [0.2, 0.25) is 5.91 Å². The summed E-state index contributed by atoms with van der Waals surface area (Å²) in [7, 11) is 0. The number of piperazine rings is 1. The van der Waals surface area contributed by atoms with E-state index >= 15 is 0 Å². The molecule has 1 unspecified atom stereocenters. The third-order valence-electron chi connectivity index (χ3n) is 5.94. The van der Waals surface area contributed by atoms with E-state index < -0.39 is 0 Å². The second-order valence-corrected chi connectivity index (χ2v) is 7.94.